The second kappa shape index (κ2) is 10.3. The van der Waals surface area contributed by atoms with Crippen LogP contribution >= 0.6 is 0 Å². The van der Waals surface area contributed by atoms with E-state index < -0.39 is 58.9 Å². The topological polar surface area (TPSA) is 225 Å². The molecule has 13 nitrogen and oxygen atoms in total. The molecule has 210 valence electrons. The Morgan fingerprint density at radius 3 is 2.17 bits per heavy atom. The molecule has 15 heteroatoms. The smallest absolute Gasteiger partial charge is 0.336 e. The molecule has 0 saturated carbocycles. The number of carbonyl (C=O) groups is 2. The van der Waals surface area contributed by atoms with Crippen LogP contribution < -0.4 is 15.7 Å². The summed E-state index contributed by atoms with van der Waals surface area (Å²) in [6, 6.07) is 8.44. The highest BCUT2D eigenvalue weighted by Crippen LogP contribution is 2.46. The molecule has 1 aliphatic carbocycles. The number of anilines is 1. The van der Waals surface area contributed by atoms with E-state index in [0.29, 0.717) is 0 Å². The summed E-state index contributed by atoms with van der Waals surface area (Å²) in [5.74, 6) is -3.52. The molecule has 2 aliphatic rings. The first-order valence-corrected chi connectivity index (χ1v) is 14.5. The van der Waals surface area contributed by atoms with Crippen LogP contribution in [0.25, 0.3) is 33.4 Å². The Morgan fingerprint density at radius 2 is 1.62 bits per heavy atom. The number of nitrogens with one attached hydrogen (secondary N) is 2. The number of rotatable bonds is 8. The molecule has 0 radical (unpaired) electrons. The fourth-order valence-corrected chi connectivity index (χ4v) is 6.09. The zero-order valence-corrected chi connectivity index (χ0v) is 22.5. The SMILES string of the molecule is CCNc1ccc2c(-c3ccc(C(=O)O)cc3C(=O)O)c3ccc(=[NH+]CC)c(S(=O)(=O)O)c-3oc2c1S(=O)(=O)[O-]. The predicted molar refractivity (Wildman–Crippen MR) is 139 cm³/mol. The first-order valence-electron chi connectivity index (χ1n) is 11.6. The largest absolute Gasteiger partial charge is 0.744 e. The van der Waals surface area contributed by atoms with Gasteiger partial charge in [-0.1, -0.05) is 6.07 Å². The number of hydrogen-bond donors (Lipinski definition) is 5. The number of benzene rings is 3. The highest BCUT2D eigenvalue weighted by atomic mass is 32.2. The van der Waals surface area contributed by atoms with Crippen molar-refractivity contribution in [1.82, 2.24) is 0 Å². The van der Waals surface area contributed by atoms with Gasteiger partial charge in [0.25, 0.3) is 0 Å². The first-order chi connectivity index (χ1) is 18.7. The van der Waals surface area contributed by atoms with Crippen LogP contribution in [0.1, 0.15) is 34.6 Å². The molecule has 1 heterocycles. The molecule has 2 aromatic rings. The molecule has 1 aliphatic heterocycles. The Balaban J connectivity index is 2.40. The minimum absolute atomic E-state index is 0.0715. The van der Waals surface area contributed by atoms with Crippen LogP contribution in [0.2, 0.25) is 0 Å². The van der Waals surface area contributed by atoms with Gasteiger partial charge in [0.2, 0.25) is 10.3 Å². The van der Waals surface area contributed by atoms with Crippen molar-refractivity contribution in [2.75, 3.05) is 18.4 Å². The lowest BCUT2D eigenvalue weighted by molar-refractivity contribution is -0.498. The molecule has 2 aromatic carbocycles. The molecule has 0 spiro atoms. The average Bonchev–Trinajstić information content (AvgIpc) is 2.85. The summed E-state index contributed by atoms with van der Waals surface area (Å²) in [5, 5.41) is 21.9. The molecule has 0 amide bonds. The van der Waals surface area contributed by atoms with E-state index >= 15 is 0 Å². The highest BCUT2D eigenvalue weighted by molar-refractivity contribution is 7.86. The standard InChI is InChI=1S/C25H22N2O11S2/c1-3-26-17-9-7-14-19(13-6-5-12(24(28)29)11-16(13)25(30)31)15-8-10-18(27-4-2)23(40(35,36)37)21(15)38-20(14)22(17)39(32,33)34/h5-11,26H,3-4H2,1-2H3,(H,28,29)(H,30,31)(H,32,33,34)(H,35,36,37). The van der Waals surface area contributed by atoms with Gasteiger partial charge in [-0.25, -0.2) is 23.0 Å². The Kier molecular flexibility index (Phi) is 7.42. The number of carboxylic acids is 2. The maximum atomic E-state index is 12.6. The van der Waals surface area contributed by atoms with Crippen LogP contribution in [0.15, 0.2) is 56.7 Å². The van der Waals surface area contributed by atoms with E-state index in [-0.39, 0.29) is 51.8 Å². The van der Waals surface area contributed by atoms with E-state index in [1.807, 2.05) is 0 Å². The maximum Gasteiger partial charge on any atom is 0.336 e. The minimum Gasteiger partial charge on any atom is -0.744 e. The van der Waals surface area contributed by atoms with E-state index in [4.69, 9.17) is 4.42 Å². The maximum absolute atomic E-state index is 12.6. The third-order valence-electron chi connectivity index (χ3n) is 5.98. The number of aromatic carboxylic acids is 2. The molecule has 0 atom stereocenters. The third kappa shape index (κ3) is 5.02. The zero-order chi connectivity index (χ0) is 29.6. The van der Waals surface area contributed by atoms with E-state index in [1.165, 1.54) is 24.3 Å². The lowest BCUT2D eigenvalue weighted by atomic mass is 9.89. The van der Waals surface area contributed by atoms with Gasteiger partial charge < -0.3 is 24.5 Å². The Bertz CT molecular complexity index is 1960. The minimum atomic E-state index is -5.29. The molecule has 0 fully saturated rings. The van der Waals surface area contributed by atoms with Crippen molar-refractivity contribution in [3.8, 4) is 22.5 Å². The van der Waals surface area contributed by atoms with Crippen LogP contribution in [0, 0.1) is 0 Å². The van der Waals surface area contributed by atoms with E-state index in [1.54, 1.807) is 13.8 Å². The molecule has 0 aromatic heterocycles. The quantitative estimate of drug-likeness (QED) is 0.144. The number of carboxylic acid groups (broad SMARTS) is 2. The molecular formula is C25H22N2O11S2. The second-order valence-corrected chi connectivity index (χ2v) is 11.2. The van der Waals surface area contributed by atoms with Gasteiger partial charge in [0, 0.05) is 29.1 Å². The average molecular weight is 591 g/mol. The summed E-state index contributed by atoms with van der Waals surface area (Å²) < 4.78 is 78.6. The molecule has 0 bridgehead atoms. The van der Waals surface area contributed by atoms with Crippen molar-refractivity contribution in [3.05, 3.63) is 58.9 Å². The van der Waals surface area contributed by atoms with Gasteiger partial charge in [-0.3, -0.25) is 4.55 Å². The predicted octanol–water partition coefficient (Wildman–Crippen LogP) is 1.18. The lowest BCUT2D eigenvalue weighted by Gasteiger charge is -2.22. The van der Waals surface area contributed by atoms with Crippen molar-refractivity contribution in [3.63, 3.8) is 0 Å². The van der Waals surface area contributed by atoms with Gasteiger partial charge in [-0.2, -0.15) is 8.42 Å². The van der Waals surface area contributed by atoms with Crippen LogP contribution in [-0.2, 0) is 20.2 Å². The fraction of sp³-hybridized carbons (Fsp3) is 0.160. The van der Waals surface area contributed by atoms with Gasteiger partial charge in [0.1, 0.15) is 21.6 Å². The highest BCUT2D eigenvalue weighted by Gasteiger charge is 2.32. The van der Waals surface area contributed by atoms with Crippen LogP contribution in [0.4, 0.5) is 5.69 Å². The van der Waals surface area contributed by atoms with Crippen molar-refractivity contribution >= 4 is 48.8 Å². The molecule has 40 heavy (non-hydrogen) atoms. The van der Waals surface area contributed by atoms with Gasteiger partial charge in [-0.05, 0) is 49.7 Å². The monoisotopic (exact) mass is 590 g/mol. The van der Waals surface area contributed by atoms with Crippen molar-refractivity contribution in [2.24, 2.45) is 0 Å². The van der Waals surface area contributed by atoms with Gasteiger partial charge in [-0.15, -0.1) is 0 Å². The Hall–Kier alpha value is -4.31. The number of fused-ring (bicyclic) bond motifs is 2. The lowest BCUT2D eigenvalue weighted by Crippen LogP contribution is -2.76. The summed E-state index contributed by atoms with van der Waals surface area (Å²) in [5.41, 5.74) is -1.92. The van der Waals surface area contributed by atoms with E-state index in [2.05, 4.69) is 10.3 Å². The molecule has 0 saturated heterocycles. The Labute approximate surface area is 227 Å². The summed E-state index contributed by atoms with van der Waals surface area (Å²) in [7, 11) is -10.3. The van der Waals surface area contributed by atoms with Gasteiger partial charge >= 0.3 is 22.1 Å². The van der Waals surface area contributed by atoms with Gasteiger partial charge in [0.15, 0.2) is 11.3 Å². The van der Waals surface area contributed by atoms with E-state index in [0.717, 1.165) is 18.2 Å². The molecule has 5 N–H and O–H groups in total. The zero-order valence-electron chi connectivity index (χ0n) is 20.9. The van der Waals surface area contributed by atoms with Crippen molar-refractivity contribution in [1.29, 1.82) is 0 Å². The van der Waals surface area contributed by atoms with Crippen molar-refractivity contribution < 1.29 is 55.2 Å². The molecule has 0 unspecified atom stereocenters. The van der Waals surface area contributed by atoms with E-state index in [9.17, 15) is 45.7 Å². The summed E-state index contributed by atoms with van der Waals surface area (Å²) in [6.07, 6.45) is 0. The van der Waals surface area contributed by atoms with Gasteiger partial charge in [0.05, 0.1) is 16.8 Å². The third-order valence-corrected chi connectivity index (χ3v) is 7.80. The molecular weight excluding hydrogens is 568 g/mol. The fourth-order valence-electron chi connectivity index (χ4n) is 4.49. The number of hydrogen-bond acceptors (Lipinski definition) is 9. The summed E-state index contributed by atoms with van der Waals surface area (Å²) in [6.45, 7) is 3.68. The van der Waals surface area contributed by atoms with Crippen LogP contribution in [0.5, 0.6) is 0 Å². The normalized spacial score (nSPS) is 12.7. The summed E-state index contributed by atoms with van der Waals surface area (Å²) >= 11 is 0. The Morgan fingerprint density at radius 1 is 0.950 bits per heavy atom. The second-order valence-electron chi connectivity index (χ2n) is 8.48. The van der Waals surface area contributed by atoms with Crippen LogP contribution in [0.3, 0.4) is 0 Å². The summed E-state index contributed by atoms with van der Waals surface area (Å²) in [4.78, 5) is 24.9. The molecule has 4 rings (SSSR count). The first kappa shape index (κ1) is 28.7. The van der Waals surface area contributed by atoms with Crippen molar-refractivity contribution in [2.45, 2.75) is 23.6 Å². The van der Waals surface area contributed by atoms with Crippen LogP contribution in [-0.4, -0.2) is 61.2 Å².